The van der Waals surface area contributed by atoms with Crippen molar-refractivity contribution in [2.45, 2.75) is 45.9 Å². The normalized spacial score (nSPS) is 24.4. The fourth-order valence-corrected chi connectivity index (χ4v) is 2.05. The van der Waals surface area contributed by atoms with Gasteiger partial charge in [0.1, 0.15) is 0 Å². The third-order valence-electron chi connectivity index (χ3n) is 3.34. The van der Waals surface area contributed by atoms with E-state index >= 15 is 0 Å². The maximum atomic E-state index is 11.6. The van der Waals surface area contributed by atoms with E-state index < -0.39 is 0 Å². The molecule has 0 bridgehead atoms. The van der Waals surface area contributed by atoms with Crippen molar-refractivity contribution < 1.29 is 9.53 Å². The number of likely N-dealkylation sites (N-methyl/N-ethyl adjacent to an activating group) is 1. The minimum absolute atomic E-state index is 0.0432. The summed E-state index contributed by atoms with van der Waals surface area (Å²) < 4.78 is 5.69. The van der Waals surface area contributed by atoms with E-state index in [9.17, 15) is 4.79 Å². The Morgan fingerprint density at radius 3 is 2.47 bits per heavy atom. The predicted octanol–water partition coefficient (Wildman–Crippen LogP) is 0.456. The maximum absolute atomic E-state index is 11.6. The molecule has 1 aliphatic heterocycles. The van der Waals surface area contributed by atoms with Gasteiger partial charge in [0.25, 0.3) is 0 Å². The Morgan fingerprint density at radius 1 is 1.37 bits per heavy atom. The van der Waals surface area contributed by atoms with Gasteiger partial charge in [0.2, 0.25) is 5.91 Å². The van der Waals surface area contributed by atoms with Gasteiger partial charge >= 0.3 is 0 Å². The molecule has 1 heterocycles. The van der Waals surface area contributed by atoms with Crippen molar-refractivity contribution in [3.8, 4) is 0 Å². The number of epoxide rings is 1. The summed E-state index contributed by atoms with van der Waals surface area (Å²) >= 11 is 0. The molecular formula is C14H29N3O2. The van der Waals surface area contributed by atoms with Crippen LogP contribution in [0, 0.1) is 5.41 Å². The summed E-state index contributed by atoms with van der Waals surface area (Å²) in [4.78, 5) is 13.7. The smallest absolute Gasteiger partial charge is 0.234 e. The Bertz CT molecular complexity index is 300. The van der Waals surface area contributed by atoms with Gasteiger partial charge in [-0.3, -0.25) is 4.79 Å². The van der Waals surface area contributed by atoms with Crippen LogP contribution in [0.1, 0.15) is 27.7 Å². The number of amides is 1. The number of carbonyl (C=O) groups is 1. The van der Waals surface area contributed by atoms with Gasteiger partial charge in [-0.1, -0.05) is 20.8 Å². The Hall–Kier alpha value is -0.650. The molecule has 0 aromatic carbocycles. The van der Waals surface area contributed by atoms with E-state index in [0.717, 1.165) is 6.54 Å². The van der Waals surface area contributed by atoms with Crippen LogP contribution in [0.3, 0.4) is 0 Å². The molecule has 0 aromatic rings. The van der Waals surface area contributed by atoms with E-state index in [-0.39, 0.29) is 23.5 Å². The lowest BCUT2D eigenvalue weighted by molar-refractivity contribution is -0.120. The number of hydrogen-bond acceptors (Lipinski definition) is 4. The Morgan fingerprint density at radius 2 is 2.00 bits per heavy atom. The lowest BCUT2D eigenvalue weighted by Gasteiger charge is -2.17. The van der Waals surface area contributed by atoms with Crippen LogP contribution in [0.15, 0.2) is 0 Å². The average Bonchev–Trinajstić information content (AvgIpc) is 3.04. The highest BCUT2D eigenvalue weighted by atomic mass is 16.6. The van der Waals surface area contributed by atoms with E-state index in [1.54, 1.807) is 0 Å². The van der Waals surface area contributed by atoms with E-state index in [2.05, 4.69) is 38.3 Å². The molecule has 1 saturated heterocycles. The molecule has 5 nitrogen and oxygen atoms in total. The first-order valence-corrected chi connectivity index (χ1v) is 7.02. The molecule has 1 aliphatic rings. The minimum atomic E-state index is 0.0432. The summed E-state index contributed by atoms with van der Waals surface area (Å²) in [6.45, 7) is 10.5. The fourth-order valence-electron chi connectivity index (χ4n) is 2.05. The summed E-state index contributed by atoms with van der Waals surface area (Å²) in [6, 6.07) is 0.212. The summed E-state index contributed by atoms with van der Waals surface area (Å²) in [5, 5.41) is 6.12. The highest BCUT2D eigenvalue weighted by molar-refractivity contribution is 5.78. The molecule has 3 atom stereocenters. The van der Waals surface area contributed by atoms with Gasteiger partial charge in [-0.05, 0) is 26.4 Å². The third-order valence-corrected chi connectivity index (χ3v) is 3.34. The number of hydrogen-bond donors (Lipinski definition) is 2. The van der Waals surface area contributed by atoms with Crippen molar-refractivity contribution in [3.05, 3.63) is 0 Å². The molecule has 0 saturated carbocycles. The highest BCUT2D eigenvalue weighted by Crippen LogP contribution is 2.39. The molecule has 0 radical (unpaired) electrons. The first kappa shape index (κ1) is 16.4. The standard InChI is InChI=1S/C14H29N3O2/c1-10(12-13(19-12)14(2,3)4)16-9-11(18)15-7-8-17(5)6/h10,12-13,16H,7-9H2,1-6H3,(H,15,18)/t10-,12?,13?/m1/s1. The second-order valence-electron chi connectivity index (χ2n) is 6.71. The van der Waals surface area contributed by atoms with E-state index in [4.69, 9.17) is 4.74 Å². The Balaban J connectivity index is 2.14. The number of carbonyl (C=O) groups excluding carboxylic acids is 1. The fraction of sp³-hybridized carbons (Fsp3) is 0.929. The van der Waals surface area contributed by atoms with Gasteiger partial charge in [-0.15, -0.1) is 0 Å². The van der Waals surface area contributed by atoms with Crippen molar-refractivity contribution >= 4 is 5.91 Å². The van der Waals surface area contributed by atoms with Crippen LogP contribution in [-0.4, -0.2) is 62.8 Å². The van der Waals surface area contributed by atoms with Gasteiger partial charge < -0.3 is 20.3 Å². The first-order chi connectivity index (χ1) is 8.71. The SMILES string of the molecule is C[C@@H](NCC(=O)NCCN(C)C)C1OC1C(C)(C)C. The van der Waals surface area contributed by atoms with Crippen molar-refractivity contribution in [2.24, 2.45) is 5.41 Å². The van der Waals surface area contributed by atoms with Crippen molar-refractivity contribution in [1.29, 1.82) is 0 Å². The number of ether oxygens (including phenoxy) is 1. The van der Waals surface area contributed by atoms with Gasteiger partial charge in [0.05, 0.1) is 18.8 Å². The van der Waals surface area contributed by atoms with Crippen LogP contribution in [0.5, 0.6) is 0 Å². The van der Waals surface area contributed by atoms with Crippen molar-refractivity contribution in [1.82, 2.24) is 15.5 Å². The van der Waals surface area contributed by atoms with Crippen LogP contribution < -0.4 is 10.6 Å². The highest BCUT2D eigenvalue weighted by Gasteiger charge is 2.49. The molecule has 2 unspecified atom stereocenters. The zero-order chi connectivity index (χ0) is 14.6. The van der Waals surface area contributed by atoms with Gasteiger partial charge in [-0.25, -0.2) is 0 Å². The predicted molar refractivity (Wildman–Crippen MR) is 77.1 cm³/mol. The summed E-state index contributed by atoms with van der Waals surface area (Å²) in [5.74, 6) is 0.0432. The zero-order valence-corrected chi connectivity index (χ0v) is 13.1. The second kappa shape index (κ2) is 6.68. The van der Waals surface area contributed by atoms with Gasteiger partial charge in [-0.2, -0.15) is 0 Å². The van der Waals surface area contributed by atoms with Crippen molar-refractivity contribution in [3.63, 3.8) is 0 Å². The molecule has 112 valence electrons. The summed E-state index contributed by atoms with van der Waals surface area (Å²) in [6.07, 6.45) is 0.529. The summed E-state index contributed by atoms with van der Waals surface area (Å²) in [5.41, 5.74) is 0.175. The minimum Gasteiger partial charge on any atom is -0.367 e. The lowest BCUT2D eigenvalue weighted by Crippen LogP contribution is -2.42. The van der Waals surface area contributed by atoms with Gasteiger partial charge in [0, 0.05) is 19.1 Å². The van der Waals surface area contributed by atoms with E-state index in [0.29, 0.717) is 19.2 Å². The first-order valence-electron chi connectivity index (χ1n) is 7.02. The van der Waals surface area contributed by atoms with E-state index in [1.165, 1.54) is 0 Å². The topological polar surface area (TPSA) is 56.9 Å². The number of nitrogens with zero attached hydrogens (tertiary/aromatic N) is 1. The average molecular weight is 271 g/mol. The molecular weight excluding hydrogens is 242 g/mol. The van der Waals surface area contributed by atoms with Crippen LogP contribution in [0.2, 0.25) is 0 Å². The second-order valence-corrected chi connectivity index (χ2v) is 6.71. The monoisotopic (exact) mass is 271 g/mol. The number of rotatable bonds is 7. The lowest BCUT2D eigenvalue weighted by atomic mass is 9.89. The molecule has 0 aromatic heterocycles. The molecule has 2 N–H and O–H groups in total. The zero-order valence-electron chi connectivity index (χ0n) is 13.1. The Kier molecular flexibility index (Phi) is 5.77. The molecule has 0 spiro atoms. The van der Waals surface area contributed by atoms with E-state index in [1.807, 2.05) is 19.0 Å². The molecule has 5 heteroatoms. The van der Waals surface area contributed by atoms with Crippen LogP contribution in [0.4, 0.5) is 0 Å². The van der Waals surface area contributed by atoms with Crippen LogP contribution in [-0.2, 0) is 9.53 Å². The van der Waals surface area contributed by atoms with Crippen molar-refractivity contribution in [2.75, 3.05) is 33.7 Å². The molecule has 1 amide bonds. The quantitative estimate of drug-likeness (QED) is 0.660. The summed E-state index contributed by atoms with van der Waals surface area (Å²) in [7, 11) is 3.98. The maximum Gasteiger partial charge on any atom is 0.234 e. The van der Waals surface area contributed by atoms with Crippen LogP contribution >= 0.6 is 0 Å². The van der Waals surface area contributed by atoms with Gasteiger partial charge in [0.15, 0.2) is 0 Å². The Labute approximate surface area is 117 Å². The molecule has 19 heavy (non-hydrogen) atoms. The molecule has 0 aliphatic carbocycles. The number of nitrogens with one attached hydrogen (secondary N) is 2. The van der Waals surface area contributed by atoms with Crippen LogP contribution in [0.25, 0.3) is 0 Å². The largest absolute Gasteiger partial charge is 0.367 e. The molecule has 1 rings (SSSR count). The molecule has 1 fully saturated rings. The third kappa shape index (κ3) is 5.89.